The van der Waals surface area contributed by atoms with Gasteiger partial charge in [0, 0.05) is 9.79 Å². The predicted octanol–water partition coefficient (Wildman–Crippen LogP) is 4.24. The lowest BCUT2D eigenvalue weighted by molar-refractivity contribution is 1.25. The molecule has 2 aromatic rings. The maximum absolute atomic E-state index is 4.49. The zero-order valence-electron chi connectivity index (χ0n) is 8.44. The minimum atomic E-state index is 0.997. The van der Waals surface area contributed by atoms with Crippen molar-refractivity contribution < 1.29 is 0 Å². The van der Waals surface area contributed by atoms with E-state index >= 15 is 0 Å². The van der Waals surface area contributed by atoms with Gasteiger partial charge in [-0.05, 0) is 35.7 Å². The molecule has 0 aliphatic carbocycles. The molecule has 2 heteroatoms. The second-order valence-electron chi connectivity index (χ2n) is 3.52. The Bertz CT molecular complexity index is 475. The third kappa shape index (κ3) is 2.21. The smallest absolute Gasteiger partial charge is 0.0122 e. The summed E-state index contributed by atoms with van der Waals surface area (Å²) >= 11 is 8.92. The van der Waals surface area contributed by atoms with Crippen LogP contribution in [0, 0.1) is 6.92 Å². The van der Waals surface area contributed by atoms with Crippen molar-refractivity contribution in [1.82, 2.24) is 0 Å². The van der Waals surface area contributed by atoms with Crippen LogP contribution >= 0.6 is 25.3 Å². The first-order chi connectivity index (χ1) is 7.18. The number of thiol groups is 2. The van der Waals surface area contributed by atoms with Gasteiger partial charge in [0.25, 0.3) is 0 Å². The van der Waals surface area contributed by atoms with E-state index in [0.717, 1.165) is 20.9 Å². The summed E-state index contributed by atoms with van der Waals surface area (Å²) < 4.78 is 0. The van der Waals surface area contributed by atoms with Crippen molar-refractivity contribution in [3.63, 3.8) is 0 Å². The number of aryl methyl sites for hydroxylation is 1. The standard InChI is InChI=1S/C13H12S2/c1-9-7-13(15)11(8-12(9)14)10-5-3-2-4-6-10/h2-8,14-15H,1H3. The van der Waals surface area contributed by atoms with Gasteiger partial charge in [-0.25, -0.2) is 0 Å². The van der Waals surface area contributed by atoms with Crippen molar-refractivity contribution in [3.8, 4) is 11.1 Å². The number of hydrogen-bond acceptors (Lipinski definition) is 2. The third-order valence-electron chi connectivity index (χ3n) is 2.40. The molecule has 0 bridgehead atoms. The summed E-state index contributed by atoms with van der Waals surface area (Å²) in [4.78, 5) is 2.00. The summed E-state index contributed by atoms with van der Waals surface area (Å²) in [5, 5.41) is 0. The molecular weight excluding hydrogens is 220 g/mol. The third-order valence-corrected chi connectivity index (χ3v) is 3.25. The maximum Gasteiger partial charge on any atom is 0.0122 e. The van der Waals surface area contributed by atoms with Crippen LogP contribution in [0.4, 0.5) is 0 Å². The summed E-state index contributed by atoms with van der Waals surface area (Å²) in [6.07, 6.45) is 0. The highest BCUT2D eigenvalue weighted by molar-refractivity contribution is 7.80. The maximum atomic E-state index is 4.49. The first-order valence-electron chi connectivity index (χ1n) is 4.76. The molecular formula is C13H12S2. The Morgan fingerprint density at radius 3 is 2.20 bits per heavy atom. The molecule has 76 valence electrons. The molecule has 0 N–H and O–H groups in total. The molecule has 2 aromatic carbocycles. The van der Waals surface area contributed by atoms with Gasteiger partial charge >= 0.3 is 0 Å². The molecule has 0 spiro atoms. The van der Waals surface area contributed by atoms with Crippen LogP contribution in [0.2, 0.25) is 0 Å². The van der Waals surface area contributed by atoms with Crippen LogP contribution in [-0.4, -0.2) is 0 Å². The molecule has 0 aliphatic heterocycles. The van der Waals surface area contributed by atoms with Gasteiger partial charge in [-0.2, -0.15) is 0 Å². The SMILES string of the molecule is Cc1cc(S)c(-c2ccccc2)cc1S. The summed E-state index contributed by atoms with van der Waals surface area (Å²) in [6, 6.07) is 14.3. The topological polar surface area (TPSA) is 0 Å². The summed E-state index contributed by atoms with van der Waals surface area (Å²) in [7, 11) is 0. The van der Waals surface area contributed by atoms with Gasteiger partial charge < -0.3 is 0 Å². The summed E-state index contributed by atoms with van der Waals surface area (Å²) in [5.74, 6) is 0. The first kappa shape index (κ1) is 10.7. The van der Waals surface area contributed by atoms with E-state index < -0.39 is 0 Å². The van der Waals surface area contributed by atoms with Gasteiger partial charge in [-0.3, -0.25) is 0 Å². The molecule has 0 aromatic heterocycles. The van der Waals surface area contributed by atoms with E-state index in [0.29, 0.717) is 0 Å². The second-order valence-corrected chi connectivity index (χ2v) is 4.49. The Labute approximate surface area is 101 Å². The molecule has 0 unspecified atom stereocenters. The average Bonchev–Trinajstić information content (AvgIpc) is 2.25. The lowest BCUT2D eigenvalue weighted by Gasteiger charge is -2.08. The van der Waals surface area contributed by atoms with Crippen LogP contribution in [-0.2, 0) is 0 Å². The molecule has 15 heavy (non-hydrogen) atoms. The fourth-order valence-electron chi connectivity index (χ4n) is 1.53. The largest absolute Gasteiger partial charge is 0.143 e. The van der Waals surface area contributed by atoms with E-state index in [1.165, 1.54) is 5.56 Å². The van der Waals surface area contributed by atoms with Gasteiger partial charge in [0.2, 0.25) is 0 Å². The normalized spacial score (nSPS) is 10.3. The van der Waals surface area contributed by atoms with Crippen LogP contribution in [0.15, 0.2) is 52.3 Å². The summed E-state index contributed by atoms with van der Waals surface area (Å²) in [6.45, 7) is 2.04. The molecule has 0 atom stereocenters. The van der Waals surface area contributed by atoms with E-state index in [2.05, 4.69) is 43.5 Å². The van der Waals surface area contributed by atoms with E-state index in [4.69, 9.17) is 0 Å². The number of benzene rings is 2. The fraction of sp³-hybridized carbons (Fsp3) is 0.0769. The molecule has 0 aliphatic rings. The van der Waals surface area contributed by atoms with Gasteiger partial charge in [-0.1, -0.05) is 30.3 Å². The quantitative estimate of drug-likeness (QED) is 0.675. The first-order valence-corrected chi connectivity index (χ1v) is 5.66. The monoisotopic (exact) mass is 232 g/mol. The zero-order chi connectivity index (χ0) is 10.8. The molecule has 0 radical (unpaired) electrons. The zero-order valence-corrected chi connectivity index (χ0v) is 10.2. The van der Waals surface area contributed by atoms with Crippen molar-refractivity contribution in [2.45, 2.75) is 16.7 Å². The predicted molar refractivity (Wildman–Crippen MR) is 71.1 cm³/mol. The highest BCUT2D eigenvalue weighted by Gasteiger charge is 2.04. The molecule has 0 amide bonds. The van der Waals surface area contributed by atoms with Gasteiger partial charge in [0.1, 0.15) is 0 Å². The van der Waals surface area contributed by atoms with Crippen molar-refractivity contribution in [2.24, 2.45) is 0 Å². The van der Waals surface area contributed by atoms with Crippen LogP contribution in [0.5, 0.6) is 0 Å². The Morgan fingerprint density at radius 2 is 1.53 bits per heavy atom. The van der Waals surface area contributed by atoms with Crippen molar-refractivity contribution in [3.05, 3.63) is 48.0 Å². The Hall–Kier alpha value is -0.860. The fourth-order valence-corrected chi connectivity index (χ4v) is 2.11. The lowest BCUT2D eigenvalue weighted by Crippen LogP contribution is -1.84. The van der Waals surface area contributed by atoms with E-state index in [-0.39, 0.29) is 0 Å². The molecule has 0 fully saturated rings. The second kappa shape index (κ2) is 4.33. The molecule has 0 saturated heterocycles. The average molecular weight is 232 g/mol. The highest BCUT2D eigenvalue weighted by atomic mass is 32.1. The Morgan fingerprint density at radius 1 is 0.867 bits per heavy atom. The van der Waals surface area contributed by atoms with Crippen molar-refractivity contribution >= 4 is 25.3 Å². The minimum Gasteiger partial charge on any atom is -0.143 e. The van der Waals surface area contributed by atoms with Crippen molar-refractivity contribution in [1.29, 1.82) is 0 Å². The van der Waals surface area contributed by atoms with E-state index in [1.807, 2.05) is 31.2 Å². The van der Waals surface area contributed by atoms with E-state index in [9.17, 15) is 0 Å². The van der Waals surface area contributed by atoms with E-state index in [1.54, 1.807) is 0 Å². The number of rotatable bonds is 1. The Balaban J connectivity index is 2.59. The lowest BCUT2D eigenvalue weighted by atomic mass is 10.0. The van der Waals surface area contributed by atoms with Crippen molar-refractivity contribution in [2.75, 3.05) is 0 Å². The summed E-state index contributed by atoms with van der Waals surface area (Å²) in [5.41, 5.74) is 3.47. The highest BCUT2D eigenvalue weighted by Crippen LogP contribution is 2.30. The minimum absolute atomic E-state index is 0.997. The van der Waals surface area contributed by atoms with Gasteiger partial charge in [-0.15, -0.1) is 25.3 Å². The molecule has 0 heterocycles. The molecule has 0 nitrogen and oxygen atoms in total. The molecule has 0 saturated carbocycles. The van der Waals surface area contributed by atoms with Crippen LogP contribution in [0.25, 0.3) is 11.1 Å². The van der Waals surface area contributed by atoms with Crippen LogP contribution < -0.4 is 0 Å². The Kier molecular flexibility index (Phi) is 3.08. The van der Waals surface area contributed by atoms with Gasteiger partial charge in [0.05, 0.1) is 0 Å². The molecule has 2 rings (SSSR count). The van der Waals surface area contributed by atoms with Crippen LogP contribution in [0.1, 0.15) is 5.56 Å². The van der Waals surface area contributed by atoms with Crippen LogP contribution in [0.3, 0.4) is 0 Å². The van der Waals surface area contributed by atoms with Gasteiger partial charge in [0.15, 0.2) is 0 Å². The number of hydrogen-bond donors (Lipinski definition) is 2.